The minimum Gasteiger partial charge on any atom is -0.464 e. The molecular formula is C61H96N12O16. The fourth-order valence-corrected chi connectivity index (χ4v) is 13.0. The molecule has 4 fully saturated rings. The van der Waals surface area contributed by atoms with Crippen molar-refractivity contribution in [3.05, 3.63) is 22.8 Å². The predicted molar refractivity (Wildman–Crippen MR) is 318 cm³/mol. The number of rotatable bonds is 34. The Morgan fingerprint density at radius 2 is 0.910 bits per heavy atom. The Bertz CT molecular complexity index is 2510. The number of piperazine rings is 2. The molecule has 28 heteroatoms. The van der Waals surface area contributed by atoms with Gasteiger partial charge in [0.15, 0.2) is 11.6 Å². The highest BCUT2D eigenvalue weighted by molar-refractivity contribution is 6.01. The highest BCUT2D eigenvalue weighted by Gasteiger charge is 2.51. The van der Waals surface area contributed by atoms with Gasteiger partial charge >= 0.3 is 24.1 Å². The number of esters is 2. The van der Waals surface area contributed by atoms with Crippen LogP contribution in [0.15, 0.2) is 0 Å². The lowest BCUT2D eigenvalue weighted by Gasteiger charge is -2.41. The molecular weight excluding hydrogens is 1160 g/mol. The zero-order valence-electron chi connectivity index (χ0n) is 53.1. The van der Waals surface area contributed by atoms with Gasteiger partial charge in [0.25, 0.3) is 0 Å². The first kappa shape index (κ1) is 68.7. The van der Waals surface area contributed by atoms with Crippen LogP contribution in [-0.4, -0.2) is 255 Å². The van der Waals surface area contributed by atoms with Crippen LogP contribution < -0.4 is 10.6 Å². The summed E-state index contributed by atoms with van der Waals surface area (Å²) in [6.07, 6.45) is 5.60. The van der Waals surface area contributed by atoms with Gasteiger partial charge in [0.05, 0.1) is 132 Å². The van der Waals surface area contributed by atoms with Crippen LogP contribution in [0.2, 0.25) is 0 Å². The van der Waals surface area contributed by atoms with E-state index in [0.717, 1.165) is 74.1 Å². The highest BCUT2D eigenvalue weighted by atomic mass is 16.6. The molecule has 496 valence electrons. The molecule has 2 N–H and O–H groups in total. The first-order chi connectivity index (χ1) is 43.0. The molecule has 0 aromatic carbocycles. The van der Waals surface area contributed by atoms with Crippen molar-refractivity contribution in [2.45, 2.75) is 123 Å². The molecule has 6 aliphatic rings. The van der Waals surface area contributed by atoms with Gasteiger partial charge in [-0.3, -0.25) is 38.6 Å². The number of carbonyl (C=O) groups is 8. The summed E-state index contributed by atoms with van der Waals surface area (Å²) in [6, 6.07) is -1.08. The van der Waals surface area contributed by atoms with E-state index in [1.165, 1.54) is 0 Å². The molecule has 4 amide bonds. The van der Waals surface area contributed by atoms with Gasteiger partial charge in [0, 0.05) is 79.4 Å². The van der Waals surface area contributed by atoms with E-state index in [-0.39, 0.29) is 127 Å². The van der Waals surface area contributed by atoms with Crippen molar-refractivity contribution in [3.63, 3.8) is 0 Å². The lowest BCUT2D eigenvalue weighted by molar-refractivity contribution is -0.152. The van der Waals surface area contributed by atoms with Crippen LogP contribution >= 0.6 is 0 Å². The van der Waals surface area contributed by atoms with Crippen molar-refractivity contribution >= 4 is 47.5 Å². The number of nitrogens with one attached hydrogen (secondary N) is 2. The summed E-state index contributed by atoms with van der Waals surface area (Å²) >= 11 is 0. The van der Waals surface area contributed by atoms with Crippen molar-refractivity contribution in [2.24, 2.45) is 47.3 Å². The number of hydrogen-bond acceptors (Lipinski definition) is 22. The molecule has 2 saturated carbocycles. The first-order valence-electron chi connectivity index (χ1n) is 32.2. The van der Waals surface area contributed by atoms with Gasteiger partial charge in [-0.25, -0.2) is 19.0 Å². The van der Waals surface area contributed by atoms with E-state index < -0.39 is 54.5 Å². The lowest BCUT2D eigenvalue weighted by atomic mass is 10.0. The Kier molecular flexibility index (Phi) is 26.5. The zero-order valence-corrected chi connectivity index (χ0v) is 53.1. The third-order valence-corrected chi connectivity index (χ3v) is 18.3. The number of ether oxygens (including phenoxy) is 8. The van der Waals surface area contributed by atoms with Crippen LogP contribution in [0.1, 0.15) is 95.4 Å². The zero-order chi connectivity index (χ0) is 63.4. The molecule has 2 saturated heterocycles. The number of fused-ring (bicyclic) bond motifs is 4. The van der Waals surface area contributed by atoms with Crippen molar-refractivity contribution in [1.29, 1.82) is 0 Å². The first-order valence-corrected chi connectivity index (χ1v) is 32.2. The van der Waals surface area contributed by atoms with Gasteiger partial charge in [-0.05, 0) is 86.9 Å². The number of carbonyl (C=O) groups excluding carboxylic acids is 8. The Morgan fingerprint density at radius 3 is 1.30 bits per heavy atom. The average Bonchev–Trinajstić information content (AvgIpc) is 1.97. The van der Waals surface area contributed by atoms with Gasteiger partial charge in [0.1, 0.15) is 13.2 Å². The molecule has 8 atom stereocenters. The monoisotopic (exact) mass is 1250 g/mol. The average molecular weight is 1250 g/mol. The van der Waals surface area contributed by atoms with Crippen LogP contribution in [0.4, 0.5) is 9.59 Å². The topological polar surface area (TPSA) is 309 Å². The molecule has 28 nitrogen and oxygen atoms in total. The van der Waals surface area contributed by atoms with E-state index in [1.807, 2.05) is 19.2 Å². The molecule has 2 unspecified atom stereocenters. The Labute approximate surface area is 521 Å². The quantitative estimate of drug-likeness (QED) is 0.0435. The molecule has 2 aromatic rings. The second-order valence-electron chi connectivity index (χ2n) is 25.1. The number of alkyl carbamates (subject to hydrolysis) is 2. The summed E-state index contributed by atoms with van der Waals surface area (Å²) in [5.74, 6) is -0.502. The van der Waals surface area contributed by atoms with Gasteiger partial charge in [-0.1, -0.05) is 38.1 Å². The van der Waals surface area contributed by atoms with E-state index in [4.69, 9.17) is 37.9 Å². The van der Waals surface area contributed by atoms with Gasteiger partial charge in [-0.2, -0.15) is 0 Å². The number of methoxy groups -OCH3 is 2. The summed E-state index contributed by atoms with van der Waals surface area (Å²) in [7, 11) is 3.28. The van der Waals surface area contributed by atoms with Gasteiger partial charge < -0.3 is 58.3 Å². The summed E-state index contributed by atoms with van der Waals surface area (Å²) in [4.78, 5) is 112. The summed E-state index contributed by atoms with van der Waals surface area (Å²) < 4.78 is 47.8. The number of hydrogen-bond donors (Lipinski definition) is 2. The highest BCUT2D eigenvalue weighted by Crippen LogP contribution is 2.54. The minimum absolute atomic E-state index is 0.00889. The molecule has 4 heterocycles. The van der Waals surface area contributed by atoms with E-state index in [2.05, 4.69) is 31.3 Å². The van der Waals surface area contributed by atoms with Crippen LogP contribution in [-0.2, 0) is 105 Å². The fraction of sp³-hybridized carbons (Fsp3) is 0.803. The second-order valence-corrected chi connectivity index (χ2v) is 25.1. The van der Waals surface area contributed by atoms with E-state index in [1.54, 1.807) is 51.7 Å². The summed E-state index contributed by atoms with van der Waals surface area (Å²) in [6.45, 7) is 13.0. The molecule has 2 aliphatic heterocycles. The van der Waals surface area contributed by atoms with Crippen molar-refractivity contribution in [3.8, 4) is 0 Å². The van der Waals surface area contributed by atoms with Crippen LogP contribution in [0.25, 0.3) is 0 Å². The Hall–Kier alpha value is -6.20. The number of aromatic nitrogens is 6. The molecule has 8 rings (SSSR count). The molecule has 4 aliphatic carbocycles. The fourth-order valence-electron chi connectivity index (χ4n) is 13.0. The number of aryl methyl sites for hydroxylation is 2. The minimum atomic E-state index is -0.584. The Balaban J connectivity index is 0.728. The van der Waals surface area contributed by atoms with Gasteiger partial charge in [0.2, 0.25) is 11.8 Å². The third-order valence-electron chi connectivity index (χ3n) is 18.3. The molecule has 0 bridgehead atoms. The smallest absolute Gasteiger partial charge is 0.407 e. The predicted octanol–water partition coefficient (Wildman–Crippen LogP) is 1.56. The largest absolute Gasteiger partial charge is 0.464 e. The normalized spacial score (nSPS) is 23.3. The van der Waals surface area contributed by atoms with Crippen molar-refractivity contribution in [1.82, 2.24) is 60.2 Å². The lowest BCUT2D eigenvalue weighted by Crippen LogP contribution is -2.58. The van der Waals surface area contributed by atoms with E-state index in [0.29, 0.717) is 89.6 Å². The molecule has 89 heavy (non-hydrogen) atoms. The van der Waals surface area contributed by atoms with Crippen LogP contribution in [0, 0.1) is 47.3 Å². The molecule has 0 radical (unpaired) electrons. The van der Waals surface area contributed by atoms with Crippen LogP contribution in [0.5, 0.6) is 0 Å². The number of ketones is 2. The maximum Gasteiger partial charge on any atom is 0.407 e. The number of nitrogens with zero attached hydrogens (tertiary/aromatic N) is 10. The van der Waals surface area contributed by atoms with E-state index >= 15 is 0 Å². The van der Waals surface area contributed by atoms with Crippen molar-refractivity contribution in [2.75, 3.05) is 146 Å². The number of amides is 4. The summed E-state index contributed by atoms with van der Waals surface area (Å²) in [5, 5.41) is 23.1. The van der Waals surface area contributed by atoms with Gasteiger partial charge in [-0.15, -0.1) is 10.2 Å². The Morgan fingerprint density at radius 1 is 0.506 bits per heavy atom. The second kappa shape index (κ2) is 34.3. The van der Waals surface area contributed by atoms with Crippen molar-refractivity contribution < 1.29 is 76.3 Å². The SMILES string of the molecule is COCCOCCn1nnc2c1CC[C@@H]1[C@H](CC2)[C@@H]1COC(=O)NCCC(=O)N1CCN(CC(=O)CC(=O)CN2CCN(C(=O)CCNC(=O)OC[C@@H]3[C@@H]4CCc5nnn(CCOCCOC)c5CC[C@@H]43)CC2COC(=O)C(C)C)C(COC(=O)C(C)C)C1. The molecule has 2 aromatic heterocycles. The maximum absolute atomic E-state index is 13.7. The number of Topliss-reactive ketones (excluding diaryl/α,β-unsaturated/α-hetero) is 2. The van der Waals surface area contributed by atoms with E-state index in [9.17, 15) is 38.4 Å². The molecule has 0 spiro atoms. The maximum atomic E-state index is 13.7. The summed E-state index contributed by atoms with van der Waals surface area (Å²) in [5.41, 5.74) is 4.33. The standard InChI is InChI=1S/C61H96N12O16/c1-40(2)58(78)86-36-42-32-70(56(76)15-17-62-60(80)88-38-50-46-7-11-52-54(13-9-48(46)50)72(66-64-52)23-25-84-29-27-82-5)21-19-68(42)34-44(74)31-45(75)35-69-20-22-71(33-43(69)37-87-59(79)41(3)4)57(77)16-18-63-61(81)89-39-51-47-8-12-53-55(14-10-49(47)51)73(67-65-53)24-26-85-30-28-83-6/h40-43,46-51H,7-39H2,1-6H3,(H,62,80)(H,63,81)/t42?,43?,46-,47+,48+,49-,50-,51+. The van der Waals surface area contributed by atoms with Crippen LogP contribution in [0.3, 0.4) is 0 Å². The third kappa shape index (κ3) is 20.4.